The average Bonchev–Trinajstić information content (AvgIpc) is 1.91. The minimum atomic E-state index is -4.41. The van der Waals surface area contributed by atoms with Crippen molar-refractivity contribution in [2.75, 3.05) is 0 Å². The number of benzene rings is 1. The van der Waals surface area contributed by atoms with Gasteiger partial charge in [-0.3, -0.25) is 9.79 Å². The molecule has 0 radical (unpaired) electrons. The third kappa shape index (κ3) is 5.29. The molecule has 0 fully saturated rings. The Balaban J connectivity index is 0. The SMILES string of the molecule is Cc1ccccc1OP(=O)(O)O.[H-].[K+]. The molecule has 0 atom stereocenters. The standard InChI is InChI=1S/C7H9O4P.K.H/c1-6-4-2-3-5-7(6)11-12(8,9)10;;/h2-5H,1H3,(H2,8,9,10);;/q;+1;-1. The van der Waals surface area contributed by atoms with Crippen LogP contribution in [-0.4, -0.2) is 9.79 Å². The van der Waals surface area contributed by atoms with E-state index in [2.05, 4.69) is 4.52 Å². The van der Waals surface area contributed by atoms with Crippen molar-refractivity contribution in [3.63, 3.8) is 0 Å². The molecular formula is C7H10KO4P. The maximum Gasteiger partial charge on any atom is 1.00 e. The molecule has 0 aliphatic carbocycles. The number of phosphoric ester groups is 1. The monoisotopic (exact) mass is 228 g/mol. The van der Waals surface area contributed by atoms with E-state index >= 15 is 0 Å². The molecule has 1 aromatic carbocycles. The molecule has 4 nitrogen and oxygen atoms in total. The van der Waals surface area contributed by atoms with Crippen molar-refractivity contribution < 1.29 is 71.7 Å². The first-order valence-electron chi connectivity index (χ1n) is 3.30. The van der Waals surface area contributed by atoms with Gasteiger partial charge in [-0.15, -0.1) is 0 Å². The fourth-order valence-corrected chi connectivity index (χ4v) is 1.25. The van der Waals surface area contributed by atoms with E-state index in [0.29, 0.717) is 5.56 Å². The van der Waals surface area contributed by atoms with Gasteiger partial charge in [-0.05, 0) is 18.6 Å². The summed E-state index contributed by atoms with van der Waals surface area (Å²) in [4.78, 5) is 17.0. The second-order valence-corrected chi connectivity index (χ2v) is 3.51. The van der Waals surface area contributed by atoms with E-state index < -0.39 is 7.82 Å². The first kappa shape index (κ1) is 13.8. The van der Waals surface area contributed by atoms with Crippen molar-refractivity contribution in [3.05, 3.63) is 29.8 Å². The van der Waals surface area contributed by atoms with Crippen LogP contribution >= 0.6 is 7.82 Å². The molecule has 1 aromatic rings. The van der Waals surface area contributed by atoms with E-state index in [9.17, 15) is 4.57 Å². The molecule has 0 aromatic heterocycles. The van der Waals surface area contributed by atoms with Crippen LogP contribution in [0.15, 0.2) is 24.3 Å². The van der Waals surface area contributed by atoms with Crippen LogP contribution in [0.2, 0.25) is 0 Å². The van der Waals surface area contributed by atoms with Gasteiger partial charge >= 0.3 is 59.2 Å². The van der Waals surface area contributed by atoms with Crippen molar-refractivity contribution in [1.29, 1.82) is 0 Å². The van der Waals surface area contributed by atoms with Crippen LogP contribution in [0.25, 0.3) is 0 Å². The van der Waals surface area contributed by atoms with Crippen molar-refractivity contribution in [2.45, 2.75) is 6.92 Å². The second kappa shape index (κ2) is 5.63. The summed E-state index contributed by atoms with van der Waals surface area (Å²) in [5, 5.41) is 0. The number of aryl methyl sites for hydroxylation is 1. The summed E-state index contributed by atoms with van der Waals surface area (Å²) in [6, 6.07) is 6.64. The Bertz CT molecular complexity index is 327. The van der Waals surface area contributed by atoms with Gasteiger partial charge in [0.25, 0.3) is 0 Å². The largest absolute Gasteiger partial charge is 1.00 e. The Morgan fingerprint density at radius 2 is 1.92 bits per heavy atom. The molecule has 0 spiro atoms. The van der Waals surface area contributed by atoms with Gasteiger partial charge in [0, 0.05) is 0 Å². The van der Waals surface area contributed by atoms with E-state index in [1.807, 2.05) is 0 Å². The average molecular weight is 228 g/mol. The Kier molecular flexibility index (Phi) is 5.98. The van der Waals surface area contributed by atoms with Gasteiger partial charge in [0.1, 0.15) is 5.75 Å². The number of phosphoric acid groups is 1. The maximum atomic E-state index is 10.4. The van der Waals surface area contributed by atoms with E-state index in [1.54, 1.807) is 25.1 Å². The predicted octanol–water partition coefficient (Wildman–Crippen LogP) is -1.42. The zero-order chi connectivity index (χ0) is 9.19. The fraction of sp³-hybridized carbons (Fsp3) is 0.143. The van der Waals surface area contributed by atoms with Gasteiger partial charge < -0.3 is 5.95 Å². The van der Waals surface area contributed by atoms with Crippen molar-refractivity contribution in [1.82, 2.24) is 0 Å². The van der Waals surface area contributed by atoms with E-state index in [-0.39, 0.29) is 58.6 Å². The van der Waals surface area contributed by atoms with Gasteiger partial charge in [-0.25, -0.2) is 4.57 Å². The van der Waals surface area contributed by atoms with Crippen LogP contribution in [-0.2, 0) is 4.57 Å². The van der Waals surface area contributed by atoms with Crippen molar-refractivity contribution in [2.24, 2.45) is 0 Å². The van der Waals surface area contributed by atoms with Crippen molar-refractivity contribution in [3.8, 4) is 5.75 Å². The first-order chi connectivity index (χ1) is 5.49. The smallest absolute Gasteiger partial charge is 1.00 e. The fourth-order valence-electron chi connectivity index (χ4n) is 0.787. The number of hydrogen-bond donors (Lipinski definition) is 2. The van der Waals surface area contributed by atoms with Gasteiger partial charge in [0.05, 0.1) is 0 Å². The van der Waals surface area contributed by atoms with E-state index in [0.717, 1.165) is 0 Å². The summed E-state index contributed by atoms with van der Waals surface area (Å²) >= 11 is 0. The third-order valence-electron chi connectivity index (χ3n) is 1.31. The van der Waals surface area contributed by atoms with E-state index in [1.165, 1.54) is 6.07 Å². The van der Waals surface area contributed by atoms with Crippen LogP contribution in [0, 0.1) is 6.92 Å². The molecule has 2 N–H and O–H groups in total. The third-order valence-corrected chi connectivity index (χ3v) is 1.75. The van der Waals surface area contributed by atoms with Crippen LogP contribution in [0.5, 0.6) is 5.75 Å². The molecule has 0 saturated carbocycles. The summed E-state index contributed by atoms with van der Waals surface area (Å²) in [5.41, 5.74) is 0.695. The number of hydrogen-bond acceptors (Lipinski definition) is 2. The molecule has 0 aliphatic rings. The molecule has 0 heterocycles. The Labute approximate surface area is 120 Å². The second-order valence-electron chi connectivity index (χ2n) is 2.35. The molecule has 1 rings (SSSR count). The molecule has 0 unspecified atom stereocenters. The summed E-state index contributed by atoms with van der Waals surface area (Å²) in [6.07, 6.45) is 0. The molecule has 0 aliphatic heterocycles. The Hall–Kier alpha value is 0.806. The maximum absolute atomic E-state index is 10.4. The normalized spacial score (nSPS) is 10.4. The van der Waals surface area contributed by atoms with Gasteiger partial charge in [-0.2, -0.15) is 0 Å². The summed E-state index contributed by atoms with van der Waals surface area (Å²) in [6.45, 7) is 1.71. The minimum Gasteiger partial charge on any atom is -1.00 e. The first-order valence-corrected chi connectivity index (χ1v) is 4.83. The van der Waals surface area contributed by atoms with E-state index in [4.69, 9.17) is 9.79 Å². The molecule has 0 bridgehead atoms. The molecule has 6 heteroatoms. The van der Waals surface area contributed by atoms with Crippen molar-refractivity contribution >= 4 is 7.82 Å². The molecule has 0 saturated heterocycles. The number of para-hydroxylation sites is 1. The minimum absolute atomic E-state index is 0. The molecule has 68 valence electrons. The summed E-state index contributed by atoms with van der Waals surface area (Å²) in [7, 11) is -4.41. The zero-order valence-electron chi connectivity index (χ0n) is 8.47. The van der Waals surface area contributed by atoms with Gasteiger partial charge in [-0.1, -0.05) is 18.2 Å². The van der Waals surface area contributed by atoms with Gasteiger partial charge in [0.15, 0.2) is 0 Å². The summed E-state index contributed by atoms with van der Waals surface area (Å²) in [5.74, 6) is 0.214. The molecule has 0 amide bonds. The summed E-state index contributed by atoms with van der Waals surface area (Å²) < 4.78 is 14.8. The van der Waals surface area contributed by atoms with Crippen LogP contribution in [0.4, 0.5) is 0 Å². The Morgan fingerprint density at radius 3 is 2.38 bits per heavy atom. The Morgan fingerprint density at radius 1 is 1.38 bits per heavy atom. The predicted molar refractivity (Wildman–Crippen MR) is 45.0 cm³/mol. The van der Waals surface area contributed by atoms with Crippen LogP contribution in [0.1, 0.15) is 6.99 Å². The quantitative estimate of drug-likeness (QED) is 0.482. The zero-order valence-corrected chi connectivity index (χ0v) is 11.5. The molecule has 13 heavy (non-hydrogen) atoms. The van der Waals surface area contributed by atoms with Crippen LogP contribution < -0.4 is 55.9 Å². The van der Waals surface area contributed by atoms with Crippen LogP contribution in [0.3, 0.4) is 0 Å². The van der Waals surface area contributed by atoms with Gasteiger partial charge in [0.2, 0.25) is 0 Å². The number of rotatable bonds is 2. The molecular weight excluding hydrogens is 218 g/mol. The topological polar surface area (TPSA) is 66.8 Å².